The van der Waals surface area contributed by atoms with Crippen molar-refractivity contribution in [3.63, 3.8) is 0 Å². The molecule has 0 amide bonds. The Morgan fingerprint density at radius 1 is 0.966 bits per heavy atom. The lowest BCUT2D eigenvalue weighted by Crippen LogP contribution is -2.09. The van der Waals surface area contributed by atoms with Crippen molar-refractivity contribution in [2.24, 2.45) is 0 Å². The number of nitrogens with one attached hydrogen (secondary N) is 1. The number of benzene rings is 3. The third-order valence-corrected chi connectivity index (χ3v) is 5.66. The summed E-state index contributed by atoms with van der Waals surface area (Å²) in [5.74, 6) is 0.862. The highest BCUT2D eigenvalue weighted by Crippen LogP contribution is 2.41. The van der Waals surface area contributed by atoms with Gasteiger partial charge in [0.2, 0.25) is 10.0 Å². The maximum absolute atomic E-state index is 11.6. The predicted molar refractivity (Wildman–Crippen MR) is 118 cm³/mol. The minimum absolute atomic E-state index is 0.513. The molecule has 0 unspecified atom stereocenters. The second kappa shape index (κ2) is 7.41. The number of sulfonamides is 1. The van der Waals surface area contributed by atoms with Crippen LogP contribution in [-0.4, -0.2) is 14.7 Å². The van der Waals surface area contributed by atoms with Crippen molar-refractivity contribution in [3.05, 3.63) is 94.5 Å². The van der Waals surface area contributed by atoms with E-state index in [0.29, 0.717) is 12.3 Å². The van der Waals surface area contributed by atoms with Gasteiger partial charge in [0, 0.05) is 11.3 Å². The van der Waals surface area contributed by atoms with Gasteiger partial charge in [-0.2, -0.15) is 0 Å². The molecule has 1 N–H and O–H groups in total. The van der Waals surface area contributed by atoms with Crippen LogP contribution >= 0.6 is 0 Å². The van der Waals surface area contributed by atoms with Crippen molar-refractivity contribution >= 4 is 26.9 Å². The molecule has 0 saturated carbocycles. The topological polar surface area (TPSA) is 55.4 Å². The molecule has 3 aromatic rings. The number of rotatable bonds is 3. The van der Waals surface area contributed by atoms with Gasteiger partial charge in [-0.1, -0.05) is 48.5 Å². The zero-order valence-corrected chi connectivity index (χ0v) is 17.5. The second-order valence-corrected chi connectivity index (χ2v) is 9.15. The minimum Gasteiger partial charge on any atom is -0.488 e. The van der Waals surface area contributed by atoms with Crippen molar-refractivity contribution in [2.45, 2.75) is 20.5 Å². The summed E-state index contributed by atoms with van der Waals surface area (Å²) in [5.41, 5.74) is 8.11. The largest absolute Gasteiger partial charge is 0.488 e. The van der Waals surface area contributed by atoms with Gasteiger partial charge in [-0.15, -0.1) is 0 Å². The van der Waals surface area contributed by atoms with Crippen LogP contribution < -0.4 is 9.46 Å². The number of hydrogen-bond donors (Lipinski definition) is 1. The number of anilines is 1. The standard InChI is InChI=1S/C24H23NO3S/c1-16-11-12-22-23(13-16)28-15-19-7-4-5-10-21(19)24(22)17(2)18-8-6-9-20(14-18)25-29(3,26)27/h4-14,25H,15H2,1-3H3. The molecule has 0 saturated heterocycles. The molecular formula is C24H23NO3S. The molecule has 0 aromatic heterocycles. The quantitative estimate of drug-likeness (QED) is 0.648. The van der Waals surface area contributed by atoms with E-state index in [1.807, 2.05) is 30.3 Å². The van der Waals surface area contributed by atoms with E-state index in [2.05, 4.69) is 48.9 Å². The van der Waals surface area contributed by atoms with Gasteiger partial charge in [0.05, 0.1) is 6.26 Å². The molecule has 4 nitrogen and oxygen atoms in total. The zero-order chi connectivity index (χ0) is 20.6. The predicted octanol–water partition coefficient (Wildman–Crippen LogP) is 5.24. The Kier molecular flexibility index (Phi) is 4.92. The maximum atomic E-state index is 11.6. The number of aryl methyl sites for hydroxylation is 1. The van der Waals surface area contributed by atoms with Gasteiger partial charge in [-0.05, 0) is 65.4 Å². The van der Waals surface area contributed by atoms with Crippen LogP contribution in [0.3, 0.4) is 0 Å². The average Bonchev–Trinajstić information content (AvgIpc) is 2.83. The van der Waals surface area contributed by atoms with Crippen LogP contribution in [0.25, 0.3) is 11.1 Å². The number of hydrogen-bond acceptors (Lipinski definition) is 3. The van der Waals surface area contributed by atoms with Gasteiger partial charge in [-0.3, -0.25) is 4.72 Å². The van der Waals surface area contributed by atoms with Gasteiger partial charge in [0.25, 0.3) is 0 Å². The maximum Gasteiger partial charge on any atom is 0.229 e. The molecule has 0 radical (unpaired) electrons. The average molecular weight is 406 g/mol. The highest BCUT2D eigenvalue weighted by Gasteiger charge is 2.21. The summed E-state index contributed by atoms with van der Waals surface area (Å²) >= 11 is 0. The fraction of sp³-hybridized carbons (Fsp3) is 0.167. The van der Waals surface area contributed by atoms with E-state index in [4.69, 9.17) is 4.74 Å². The van der Waals surface area contributed by atoms with Gasteiger partial charge in [0.15, 0.2) is 0 Å². The minimum atomic E-state index is -3.34. The van der Waals surface area contributed by atoms with Crippen LogP contribution in [-0.2, 0) is 16.6 Å². The molecule has 0 atom stereocenters. The first-order chi connectivity index (χ1) is 13.8. The fourth-order valence-electron chi connectivity index (χ4n) is 3.72. The summed E-state index contributed by atoms with van der Waals surface area (Å²) in [5, 5.41) is 0. The summed E-state index contributed by atoms with van der Waals surface area (Å²) in [6.45, 7) is 4.64. The molecular weight excluding hydrogens is 382 g/mol. The highest BCUT2D eigenvalue weighted by atomic mass is 32.2. The Bertz CT molecular complexity index is 1230. The Balaban J connectivity index is 1.95. The van der Waals surface area contributed by atoms with Gasteiger partial charge < -0.3 is 4.74 Å². The zero-order valence-electron chi connectivity index (χ0n) is 16.7. The van der Waals surface area contributed by atoms with Crippen LogP contribution in [0.2, 0.25) is 0 Å². The van der Waals surface area contributed by atoms with Crippen molar-refractivity contribution in [3.8, 4) is 5.75 Å². The first-order valence-corrected chi connectivity index (χ1v) is 11.3. The molecule has 0 aliphatic carbocycles. The van der Waals surface area contributed by atoms with Crippen LogP contribution in [0.4, 0.5) is 5.69 Å². The molecule has 4 rings (SSSR count). The van der Waals surface area contributed by atoms with Gasteiger partial charge >= 0.3 is 0 Å². The molecule has 5 heteroatoms. The van der Waals surface area contributed by atoms with Crippen molar-refractivity contribution in [2.75, 3.05) is 11.0 Å². The van der Waals surface area contributed by atoms with E-state index in [1.165, 1.54) is 0 Å². The lowest BCUT2D eigenvalue weighted by atomic mass is 9.88. The SMILES string of the molecule is CC(=C1c2ccccc2COc2cc(C)ccc21)c1cccc(NS(C)(=O)=O)c1. The molecule has 1 aliphatic rings. The number of fused-ring (bicyclic) bond motifs is 2. The smallest absolute Gasteiger partial charge is 0.229 e. The van der Waals surface area contributed by atoms with E-state index < -0.39 is 10.0 Å². The Hall–Kier alpha value is -3.05. The van der Waals surface area contributed by atoms with E-state index >= 15 is 0 Å². The fourth-order valence-corrected chi connectivity index (χ4v) is 4.28. The highest BCUT2D eigenvalue weighted by molar-refractivity contribution is 7.92. The molecule has 0 bridgehead atoms. The van der Waals surface area contributed by atoms with E-state index in [0.717, 1.165) is 51.0 Å². The monoisotopic (exact) mass is 405 g/mol. The Labute approximate surface area is 171 Å². The summed E-state index contributed by atoms with van der Waals surface area (Å²) in [7, 11) is -3.34. The van der Waals surface area contributed by atoms with Crippen LogP contribution in [0.1, 0.15) is 34.7 Å². The molecule has 0 fully saturated rings. The van der Waals surface area contributed by atoms with Crippen LogP contribution in [0, 0.1) is 6.92 Å². The third kappa shape index (κ3) is 4.05. The van der Waals surface area contributed by atoms with Crippen molar-refractivity contribution in [1.29, 1.82) is 0 Å². The van der Waals surface area contributed by atoms with E-state index in [-0.39, 0.29) is 0 Å². The van der Waals surface area contributed by atoms with Crippen molar-refractivity contribution < 1.29 is 13.2 Å². The summed E-state index contributed by atoms with van der Waals surface area (Å²) in [6.07, 6.45) is 1.16. The summed E-state index contributed by atoms with van der Waals surface area (Å²) in [6, 6.07) is 22.0. The second-order valence-electron chi connectivity index (χ2n) is 7.40. The lowest BCUT2D eigenvalue weighted by Gasteiger charge is -2.16. The normalized spacial score (nSPS) is 14.9. The molecule has 1 heterocycles. The molecule has 0 spiro atoms. The van der Waals surface area contributed by atoms with Crippen molar-refractivity contribution in [1.82, 2.24) is 0 Å². The Morgan fingerprint density at radius 2 is 1.76 bits per heavy atom. The van der Waals surface area contributed by atoms with E-state index in [1.54, 1.807) is 6.07 Å². The molecule has 3 aromatic carbocycles. The molecule has 1 aliphatic heterocycles. The third-order valence-electron chi connectivity index (χ3n) is 5.05. The molecule has 29 heavy (non-hydrogen) atoms. The first kappa shape index (κ1) is 19.3. The molecule has 148 valence electrons. The van der Waals surface area contributed by atoms with Crippen LogP contribution in [0.5, 0.6) is 5.75 Å². The lowest BCUT2D eigenvalue weighted by molar-refractivity contribution is 0.307. The van der Waals surface area contributed by atoms with Crippen LogP contribution in [0.15, 0.2) is 66.7 Å². The summed E-state index contributed by atoms with van der Waals surface area (Å²) in [4.78, 5) is 0. The van der Waals surface area contributed by atoms with E-state index in [9.17, 15) is 8.42 Å². The first-order valence-electron chi connectivity index (χ1n) is 9.43. The number of allylic oxidation sites excluding steroid dienone is 1. The van der Waals surface area contributed by atoms with Gasteiger partial charge in [0.1, 0.15) is 12.4 Å². The Morgan fingerprint density at radius 3 is 2.55 bits per heavy atom. The summed E-state index contributed by atoms with van der Waals surface area (Å²) < 4.78 is 32.0. The van der Waals surface area contributed by atoms with Gasteiger partial charge in [-0.25, -0.2) is 8.42 Å². The number of ether oxygens (including phenoxy) is 1.